The van der Waals surface area contributed by atoms with Crippen molar-refractivity contribution >= 4 is 22.9 Å². The van der Waals surface area contributed by atoms with Gasteiger partial charge in [-0.3, -0.25) is 4.90 Å². The normalized spacial score (nSPS) is 17.8. The summed E-state index contributed by atoms with van der Waals surface area (Å²) in [6, 6.07) is 8.35. The number of halogens is 1. The zero-order valence-electron chi connectivity index (χ0n) is 12.2. The van der Waals surface area contributed by atoms with Gasteiger partial charge in [-0.25, -0.2) is 4.98 Å². The van der Waals surface area contributed by atoms with E-state index in [9.17, 15) is 0 Å². The summed E-state index contributed by atoms with van der Waals surface area (Å²) in [5, 5.41) is 7.53. The maximum atomic E-state index is 6.07. The van der Waals surface area contributed by atoms with Gasteiger partial charge in [0, 0.05) is 42.1 Å². The van der Waals surface area contributed by atoms with Gasteiger partial charge >= 0.3 is 0 Å². The molecule has 1 fully saturated rings. The number of thiazole rings is 1. The van der Waals surface area contributed by atoms with Gasteiger partial charge in [-0.1, -0.05) is 30.7 Å². The lowest BCUT2D eigenvalue weighted by Gasteiger charge is -2.33. The van der Waals surface area contributed by atoms with Gasteiger partial charge in [0.1, 0.15) is 5.01 Å². The van der Waals surface area contributed by atoms with Gasteiger partial charge in [0.2, 0.25) is 0 Å². The van der Waals surface area contributed by atoms with Gasteiger partial charge in [0.25, 0.3) is 0 Å². The van der Waals surface area contributed by atoms with E-state index in [0.29, 0.717) is 6.04 Å². The highest BCUT2D eigenvalue weighted by atomic mass is 35.5. The van der Waals surface area contributed by atoms with Crippen molar-refractivity contribution in [3.8, 4) is 11.3 Å². The molecule has 0 aliphatic carbocycles. The fourth-order valence-corrected chi connectivity index (χ4v) is 4.04. The Hall–Kier alpha value is -0.940. The van der Waals surface area contributed by atoms with Gasteiger partial charge < -0.3 is 5.32 Å². The van der Waals surface area contributed by atoms with E-state index in [1.807, 2.05) is 18.2 Å². The molecule has 3 nitrogen and oxygen atoms in total. The summed E-state index contributed by atoms with van der Waals surface area (Å²) in [6.07, 6.45) is 1.10. The van der Waals surface area contributed by atoms with Crippen LogP contribution < -0.4 is 5.32 Å². The second kappa shape index (κ2) is 6.88. The summed E-state index contributed by atoms with van der Waals surface area (Å²) in [4.78, 5) is 7.40. The van der Waals surface area contributed by atoms with Crippen LogP contribution in [0.2, 0.25) is 5.02 Å². The Bertz CT molecular complexity index is 593. The lowest BCUT2D eigenvalue weighted by atomic mass is 10.1. The number of hydrogen-bond donors (Lipinski definition) is 1. The first-order valence-corrected chi connectivity index (χ1v) is 8.70. The maximum Gasteiger partial charge on any atom is 0.110 e. The van der Waals surface area contributed by atoms with Gasteiger partial charge in [-0.15, -0.1) is 11.3 Å². The molecule has 3 rings (SSSR count). The third kappa shape index (κ3) is 3.46. The number of piperazine rings is 1. The molecule has 2 heterocycles. The molecule has 1 N–H and O–H groups in total. The topological polar surface area (TPSA) is 28.2 Å². The third-order valence-electron chi connectivity index (χ3n) is 3.91. The zero-order chi connectivity index (χ0) is 14.7. The average Bonchev–Trinajstić information content (AvgIpc) is 2.99. The van der Waals surface area contributed by atoms with Crippen LogP contribution in [0.25, 0.3) is 11.3 Å². The predicted octanol–water partition coefficient (Wildman–Crippen LogP) is 3.82. The van der Waals surface area contributed by atoms with E-state index >= 15 is 0 Å². The molecule has 1 aliphatic heterocycles. The molecule has 0 amide bonds. The van der Waals surface area contributed by atoms with Gasteiger partial charge in [0.05, 0.1) is 11.7 Å². The van der Waals surface area contributed by atoms with Crippen LogP contribution in [-0.4, -0.2) is 36.1 Å². The average molecular weight is 322 g/mol. The molecule has 1 aromatic carbocycles. The van der Waals surface area contributed by atoms with Crippen molar-refractivity contribution in [1.29, 1.82) is 0 Å². The van der Waals surface area contributed by atoms with E-state index in [2.05, 4.69) is 28.6 Å². The monoisotopic (exact) mass is 321 g/mol. The summed E-state index contributed by atoms with van der Waals surface area (Å²) in [5.74, 6) is 0. The fraction of sp³-hybridized carbons (Fsp3) is 0.438. The predicted molar refractivity (Wildman–Crippen MR) is 90.0 cm³/mol. The summed E-state index contributed by atoms with van der Waals surface area (Å²) in [6.45, 7) is 6.59. The van der Waals surface area contributed by atoms with E-state index in [1.54, 1.807) is 11.3 Å². The van der Waals surface area contributed by atoms with Crippen LogP contribution >= 0.6 is 22.9 Å². The number of aromatic nitrogens is 1. The fourth-order valence-electron chi connectivity index (χ4n) is 2.80. The minimum absolute atomic E-state index is 0.435. The van der Waals surface area contributed by atoms with E-state index in [4.69, 9.17) is 16.6 Å². The van der Waals surface area contributed by atoms with E-state index in [0.717, 1.165) is 48.9 Å². The van der Waals surface area contributed by atoms with Crippen LogP contribution in [0, 0.1) is 0 Å². The first-order valence-electron chi connectivity index (χ1n) is 7.44. The van der Waals surface area contributed by atoms with Crippen molar-refractivity contribution < 1.29 is 0 Å². The van der Waals surface area contributed by atoms with Gasteiger partial charge in [0.15, 0.2) is 0 Å². The molecule has 0 bridgehead atoms. The smallest absolute Gasteiger partial charge is 0.110 e. The number of nitrogens with one attached hydrogen (secondary N) is 1. The highest BCUT2D eigenvalue weighted by molar-refractivity contribution is 7.10. The lowest BCUT2D eigenvalue weighted by Crippen LogP contribution is -2.45. The largest absolute Gasteiger partial charge is 0.314 e. The van der Waals surface area contributed by atoms with Crippen LogP contribution in [0.4, 0.5) is 0 Å². The Morgan fingerprint density at radius 1 is 1.38 bits per heavy atom. The van der Waals surface area contributed by atoms with E-state index < -0.39 is 0 Å². The van der Waals surface area contributed by atoms with Crippen molar-refractivity contribution in [2.45, 2.75) is 19.4 Å². The molecule has 0 saturated carbocycles. The highest BCUT2D eigenvalue weighted by Crippen LogP contribution is 2.31. The molecule has 1 saturated heterocycles. The van der Waals surface area contributed by atoms with Crippen LogP contribution in [-0.2, 0) is 0 Å². The molecule has 1 atom stereocenters. The van der Waals surface area contributed by atoms with Crippen molar-refractivity contribution in [2.24, 2.45) is 0 Å². The Morgan fingerprint density at radius 3 is 2.90 bits per heavy atom. The third-order valence-corrected chi connectivity index (χ3v) is 5.09. The zero-order valence-corrected chi connectivity index (χ0v) is 13.8. The highest BCUT2D eigenvalue weighted by Gasteiger charge is 2.23. The van der Waals surface area contributed by atoms with Crippen molar-refractivity contribution in [2.75, 3.05) is 26.2 Å². The molecule has 2 aromatic rings. The Morgan fingerprint density at radius 2 is 2.19 bits per heavy atom. The maximum absolute atomic E-state index is 6.07. The lowest BCUT2D eigenvalue weighted by molar-refractivity contribution is 0.169. The van der Waals surface area contributed by atoms with Gasteiger partial charge in [-0.05, 0) is 18.6 Å². The Balaban J connectivity index is 1.82. The Kier molecular flexibility index (Phi) is 4.91. The molecule has 0 radical (unpaired) electrons. The standard InChI is InChI=1S/C16H20ClN3S/c1-2-15(20-8-6-18-7-9-20)16-19-14(11-21-16)12-4-3-5-13(17)10-12/h3-5,10-11,15,18H,2,6-9H2,1H3. The number of benzene rings is 1. The molecule has 5 heteroatoms. The number of nitrogens with zero attached hydrogens (tertiary/aromatic N) is 2. The summed E-state index contributed by atoms with van der Waals surface area (Å²) in [5.41, 5.74) is 2.13. The molecule has 1 unspecified atom stereocenters. The molecule has 112 valence electrons. The van der Waals surface area contributed by atoms with Crippen LogP contribution in [0.5, 0.6) is 0 Å². The van der Waals surface area contributed by atoms with Crippen LogP contribution in [0.3, 0.4) is 0 Å². The van der Waals surface area contributed by atoms with Crippen LogP contribution in [0.1, 0.15) is 24.4 Å². The van der Waals surface area contributed by atoms with Gasteiger partial charge in [-0.2, -0.15) is 0 Å². The first-order chi connectivity index (χ1) is 10.3. The molecule has 21 heavy (non-hydrogen) atoms. The summed E-state index contributed by atoms with van der Waals surface area (Å²) < 4.78 is 0. The molecule has 1 aliphatic rings. The van der Waals surface area contributed by atoms with E-state index in [1.165, 1.54) is 5.01 Å². The summed E-state index contributed by atoms with van der Waals surface area (Å²) in [7, 11) is 0. The number of rotatable bonds is 4. The van der Waals surface area contributed by atoms with Crippen molar-refractivity contribution in [3.05, 3.63) is 39.7 Å². The van der Waals surface area contributed by atoms with Crippen molar-refractivity contribution in [3.63, 3.8) is 0 Å². The second-order valence-electron chi connectivity index (χ2n) is 5.29. The summed E-state index contributed by atoms with van der Waals surface area (Å²) >= 11 is 7.83. The Labute approximate surface area is 135 Å². The minimum atomic E-state index is 0.435. The molecule has 1 aromatic heterocycles. The molecule has 0 spiro atoms. The quantitative estimate of drug-likeness (QED) is 0.928. The first kappa shape index (κ1) is 15.0. The van der Waals surface area contributed by atoms with Crippen LogP contribution in [0.15, 0.2) is 29.6 Å². The van der Waals surface area contributed by atoms with E-state index in [-0.39, 0.29) is 0 Å². The SMILES string of the molecule is CCC(c1nc(-c2cccc(Cl)c2)cs1)N1CCNCC1. The molecular formula is C16H20ClN3S. The second-order valence-corrected chi connectivity index (χ2v) is 6.62. The molecular weight excluding hydrogens is 302 g/mol. The number of hydrogen-bond acceptors (Lipinski definition) is 4. The van der Waals surface area contributed by atoms with Crippen molar-refractivity contribution in [1.82, 2.24) is 15.2 Å². The minimum Gasteiger partial charge on any atom is -0.314 e.